The molecule has 1 amide bonds. The summed E-state index contributed by atoms with van der Waals surface area (Å²) in [5.41, 5.74) is 1.92. The first-order valence-electron chi connectivity index (χ1n) is 6.95. The molecule has 0 spiro atoms. The summed E-state index contributed by atoms with van der Waals surface area (Å²) in [5.74, 6) is -0.134. The fourth-order valence-electron chi connectivity index (χ4n) is 2.12. The summed E-state index contributed by atoms with van der Waals surface area (Å²) in [4.78, 5) is 14.1. The fraction of sp³-hybridized carbons (Fsp3) is 0.333. The van der Waals surface area contributed by atoms with Crippen molar-refractivity contribution in [2.75, 3.05) is 23.3 Å². The van der Waals surface area contributed by atoms with Crippen molar-refractivity contribution in [2.45, 2.75) is 20.4 Å². The molecule has 112 valence electrons. The molecule has 2 aromatic rings. The highest BCUT2D eigenvalue weighted by Gasteiger charge is 2.06. The van der Waals surface area contributed by atoms with Gasteiger partial charge in [-0.2, -0.15) is 5.10 Å². The molecule has 0 radical (unpaired) electrons. The van der Waals surface area contributed by atoms with Crippen LogP contribution in [0.1, 0.15) is 13.8 Å². The molecule has 0 fully saturated rings. The highest BCUT2D eigenvalue weighted by molar-refractivity contribution is 6.30. The first kappa shape index (κ1) is 15.4. The van der Waals surface area contributed by atoms with Crippen LogP contribution >= 0.6 is 11.6 Å². The number of nitrogens with zero attached hydrogens (tertiary/aromatic N) is 3. The van der Waals surface area contributed by atoms with E-state index in [1.165, 1.54) is 10.9 Å². The van der Waals surface area contributed by atoms with Gasteiger partial charge in [0.2, 0.25) is 5.91 Å². The maximum Gasteiger partial charge on any atom is 0.246 e. The lowest BCUT2D eigenvalue weighted by atomic mass is 10.2. The number of anilines is 2. The first-order chi connectivity index (χ1) is 10.1. The largest absolute Gasteiger partial charge is 0.372 e. The highest BCUT2D eigenvalue weighted by Crippen LogP contribution is 2.17. The van der Waals surface area contributed by atoms with Crippen molar-refractivity contribution in [2.24, 2.45) is 0 Å². The summed E-state index contributed by atoms with van der Waals surface area (Å²) >= 11 is 5.76. The second kappa shape index (κ2) is 7.13. The summed E-state index contributed by atoms with van der Waals surface area (Å²) in [6, 6.07) is 7.82. The molecular formula is C15H19ClN4O. The molecule has 6 heteroatoms. The van der Waals surface area contributed by atoms with Crippen molar-refractivity contribution in [1.82, 2.24) is 9.78 Å². The quantitative estimate of drug-likeness (QED) is 0.892. The number of aromatic nitrogens is 2. The van der Waals surface area contributed by atoms with Crippen LogP contribution in [-0.2, 0) is 11.3 Å². The smallest absolute Gasteiger partial charge is 0.246 e. The van der Waals surface area contributed by atoms with Crippen LogP contribution in [0.2, 0.25) is 5.02 Å². The van der Waals surface area contributed by atoms with E-state index in [9.17, 15) is 4.79 Å². The molecule has 1 aromatic carbocycles. The van der Waals surface area contributed by atoms with E-state index in [0.29, 0.717) is 5.02 Å². The third-order valence-electron chi connectivity index (χ3n) is 3.19. The van der Waals surface area contributed by atoms with E-state index in [2.05, 4.69) is 29.2 Å². The van der Waals surface area contributed by atoms with E-state index in [1.807, 2.05) is 24.3 Å². The first-order valence-corrected chi connectivity index (χ1v) is 7.33. The van der Waals surface area contributed by atoms with Crippen LogP contribution in [0.3, 0.4) is 0 Å². The number of rotatable bonds is 6. The van der Waals surface area contributed by atoms with Gasteiger partial charge in [-0.1, -0.05) is 11.6 Å². The molecule has 5 nitrogen and oxygen atoms in total. The number of hydrogen-bond donors (Lipinski definition) is 1. The Bertz CT molecular complexity index is 590. The lowest BCUT2D eigenvalue weighted by Gasteiger charge is -2.21. The molecule has 2 rings (SSSR count). The Morgan fingerprint density at radius 3 is 2.48 bits per heavy atom. The fourth-order valence-corrected chi connectivity index (χ4v) is 2.27. The predicted octanol–water partition coefficient (Wildman–Crippen LogP) is 3.02. The van der Waals surface area contributed by atoms with E-state index >= 15 is 0 Å². The van der Waals surface area contributed by atoms with Gasteiger partial charge in [0.05, 0.1) is 11.2 Å². The van der Waals surface area contributed by atoms with Gasteiger partial charge in [-0.25, -0.2) is 0 Å². The van der Waals surface area contributed by atoms with E-state index in [1.54, 1.807) is 6.20 Å². The molecule has 21 heavy (non-hydrogen) atoms. The second-order valence-electron chi connectivity index (χ2n) is 4.62. The Morgan fingerprint density at radius 1 is 1.29 bits per heavy atom. The average Bonchev–Trinajstić information content (AvgIpc) is 2.87. The van der Waals surface area contributed by atoms with Crippen molar-refractivity contribution in [3.63, 3.8) is 0 Å². The zero-order valence-electron chi connectivity index (χ0n) is 12.2. The van der Waals surface area contributed by atoms with Gasteiger partial charge in [-0.05, 0) is 38.1 Å². The molecule has 0 atom stereocenters. The third kappa shape index (κ3) is 4.23. The van der Waals surface area contributed by atoms with Gasteiger partial charge in [-0.3, -0.25) is 9.48 Å². The summed E-state index contributed by atoms with van der Waals surface area (Å²) in [5, 5.41) is 7.33. The van der Waals surface area contributed by atoms with Crippen LogP contribution < -0.4 is 10.2 Å². The van der Waals surface area contributed by atoms with E-state index in [0.717, 1.165) is 24.5 Å². The minimum absolute atomic E-state index is 0.134. The molecule has 1 aromatic heterocycles. The zero-order valence-corrected chi connectivity index (χ0v) is 13.0. The van der Waals surface area contributed by atoms with Crippen LogP contribution in [0.4, 0.5) is 11.4 Å². The van der Waals surface area contributed by atoms with Crippen molar-refractivity contribution in [3.05, 3.63) is 41.7 Å². The standard InChI is InChI=1S/C15H19ClN4O/c1-3-19(4-2)14-7-5-13(6-8-14)18-15(21)11-20-10-12(16)9-17-20/h5-10H,3-4,11H2,1-2H3,(H,18,21). The SMILES string of the molecule is CCN(CC)c1ccc(NC(=O)Cn2cc(Cl)cn2)cc1. The van der Waals surface area contributed by atoms with Crippen molar-refractivity contribution < 1.29 is 4.79 Å². The minimum Gasteiger partial charge on any atom is -0.372 e. The molecule has 1 N–H and O–H groups in total. The van der Waals surface area contributed by atoms with E-state index < -0.39 is 0 Å². The number of halogens is 1. The number of amides is 1. The number of carbonyl (C=O) groups is 1. The molecule has 0 aliphatic heterocycles. The molecular weight excluding hydrogens is 288 g/mol. The van der Waals surface area contributed by atoms with Crippen LogP contribution in [0, 0.1) is 0 Å². The van der Waals surface area contributed by atoms with Crippen LogP contribution in [-0.4, -0.2) is 28.8 Å². The summed E-state index contributed by atoms with van der Waals surface area (Å²) < 4.78 is 1.50. The molecule has 0 aliphatic carbocycles. The molecule has 1 heterocycles. The normalized spacial score (nSPS) is 10.4. The van der Waals surface area contributed by atoms with Gasteiger partial charge >= 0.3 is 0 Å². The van der Waals surface area contributed by atoms with Crippen molar-refractivity contribution in [1.29, 1.82) is 0 Å². The van der Waals surface area contributed by atoms with Crippen LogP contribution in [0.5, 0.6) is 0 Å². The summed E-state index contributed by atoms with van der Waals surface area (Å²) in [6.45, 7) is 6.30. The van der Waals surface area contributed by atoms with Gasteiger partial charge in [0.25, 0.3) is 0 Å². The lowest BCUT2D eigenvalue weighted by Crippen LogP contribution is -2.22. The van der Waals surface area contributed by atoms with Crippen LogP contribution in [0.25, 0.3) is 0 Å². The van der Waals surface area contributed by atoms with Crippen molar-refractivity contribution >= 4 is 28.9 Å². The number of benzene rings is 1. The maximum atomic E-state index is 11.9. The van der Waals surface area contributed by atoms with Gasteiger partial charge < -0.3 is 10.2 Å². The molecule has 0 unspecified atom stereocenters. The average molecular weight is 307 g/mol. The monoisotopic (exact) mass is 306 g/mol. The third-order valence-corrected chi connectivity index (χ3v) is 3.38. The highest BCUT2D eigenvalue weighted by atomic mass is 35.5. The van der Waals surface area contributed by atoms with Gasteiger partial charge in [0.1, 0.15) is 6.54 Å². The molecule has 0 saturated heterocycles. The number of hydrogen-bond acceptors (Lipinski definition) is 3. The Balaban J connectivity index is 1.95. The van der Waals surface area contributed by atoms with Gasteiger partial charge in [0.15, 0.2) is 0 Å². The Hall–Kier alpha value is -2.01. The lowest BCUT2D eigenvalue weighted by molar-refractivity contribution is -0.116. The Morgan fingerprint density at radius 2 is 1.95 bits per heavy atom. The molecule has 0 bridgehead atoms. The molecule has 0 aliphatic rings. The maximum absolute atomic E-state index is 11.9. The Kier molecular flexibility index (Phi) is 5.22. The zero-order chi connectivity index (χ0) is 15.2. The van der Waals surface area contributed by atoms with Gasteiger partial charge in [0, 0.05) is 30.7 Å². The topological polar surface area (TPSA) is 50.2 Å². The van der Waals surface area contributed by atoms with Crippen molar-refractivity contribution in [3.8, 4) is 0 Å². The molecule has 0 saturated carbocycles. The van der Waals surface area contributed by atoms with Crippen LogP contribution in [0.15, 0.2) is 36.7 Å². The second-order valence-corrected chi connectivity index (χ2v) is 5.06. The number of carbonyl (C=O) groups excluding carboxylic acids is 1. The predicted molar refractivity (Wildman–Crippen MR) is 85.9 cm³/mol. The summed E-state index contributed by atoms with van der Waals surface area (Å²) in [6.07, 6.45) is 3.12. The van der Waals surface area contributed by atoms with E-state index in [4.69, 9.17) is 11.6 Å². The summed E-state index contributed by atoms with van der Waals surface area (Å²) in [7, 11) is 0. The minimum atomic E-state index is -0.134. The Labute approximate surface area is 129 Å². The van der Waals surface area contributed by atoms with E-state index in [-0.39, 0.29) is 12.5 Å². The van der Waals surface area contributed by atoms with Gasteiger partial charge in [-0.15, -0.1) is 0 Å². The number of nitrogens with one attached hydrogen (secondary N) is 1.